The molecule has 0 radical (unpaired) electrons. The van der Waals surface area contributed by atoms with Crippen molar-refractivity contribution in [2.45, 2.75) is 45.1 Å². The molecule has 1 amide bonds. The predicted octanol–water partition coefficient (Wildman–Crippen LogP) is 2.40. The highest BCUT2D eigenvalue weighted by atomic mass is 16.5. The smallest absolute Gasteiger partial charge is 0.258 e. The normalized spacial score (nSPS) is 17.2. The number of hydrogen-bond donors (Lipinski definition) is 2. The van der Waals surface area contributed by atoms with Gasteiger partial charge in [0, 0.05) is 12.6 Å². The average molecular weight is 290 g/mol. The average Bonchev–Trinajstić information content (AvgIpc) is 2.51. The van der Waals surface area contributed by atoms with Crippen molar-refractivity contribution in [1.82, 2.24) is 5.32 Å². The van der Waals surface area contributed by atoms with E-state index >= 15 is 0 Å². The van der Waals surface area contributed by atoms with Crippen LogP contribution in [0.3, 0.4) is 0 Å². The Morgan fingerprint density at radius 1 is 1.38 bits per heavy atom. The number of benzene rings is 1. The fourth-order valence-electron chi connectivity index (χ4n) is 3.01. The highest BCUT2D eigenvalue weighted by molar-refractivity contribution is 5.77. The van der Waals surface area contributed by atoms with E-state index in [1.807, 2.05) is 31.2 Å². The molecule has 0 saturated heterocycles. The number of carbonyl (C=O) groups excluding carboxylic acids is 1. The largest absolute Gasteiger partial charge is 0.484 e. The van der Waals surface area contributed by atoms with Crippen molar-refractivity contribution in [3.05, 3.63) is 29.8 Å². The van der Waals surface area contributed by atoms with Crippen molar-refractivity contribution in [2.75, 3.05) is 13.2 Å². The van der Waals surface area contributed by atoms with Gasteiger partial charge in [0.05, 0.1) is 0 Å². The summed E-state index contributed by atoms with van der Waals surface area (Å²) in [7, 11) is 0. The third-order valence-electron chi connectivity index (χ3n) is 4.18. The number of nitrogens with one attached hydrogen (secondary N) is 1. The monoisotopic (exact) mass is 290 g/mol. The summed E-state index contributed by atoms with van der Waals surface area (Å²) in [5, 5.41) is 3.03. The van der Waals surface area contributed by atoms with Crippen LogP contribution >= 0.6 is 0 Å². The molecule has 1 aromatic carbocycles. The molecule has 1 aromatic rings. The Hall–Kier alpha value is -1.55. The first kappa shape index (κ1) is 15.8. The summed E-state index contributed by atoms with van der Waals surface area (Å²) in [5.41, 5.74) is 6.94. The van der Waals surface area contributed by atoms with Gasteiger partial charge in [-0.25, -0.2) is 0 Å². The summed E-state index contributed by atoms with van der Waals surface area (Å²) in [4.78, 5) is 12.0. The number of nitrogens with two attached hydrogens (primary N) is 1. The lowest BCUT2D eigenvalue weighted by molar-refractivity contribution is -0.124. The second-order valence-electron chi connectivity index (χ2n) is 5.91. The molecule has 0 bridgehead atoms. The Labute approximate surface area is 127 Å². The molecule has 1 aliphatic carbocycles. The molecule has 1 aliphatic rings. The van der Waals surface area contributed by atoms with Crippen molar-refractivity contribution in [3.8, 4) is 5.75 Å². The minimum atomic E-state index is -0.0856. The number of carbonyl (C=O) groups is 1. The van der Waals surface area contributed by atoms with E-state index in [1.165, 1.54) is 32.1 Å². The highest BCUT2D eigenvalue weighted by Gasteiger charge is 2.23. The molecular weight excluding hydrogens is 264 g/mol. The summed E-state index contributed by atoms with van der Waals surface area (Å²) in [6, 6.07) is 7.80. The van der Waals surface area contributed by atoms with Crippen LogP contribution in [-0.2, 0) is 4.79 Å². The number of ether oxygens (including phenoxy) is 1. The van der Waals surface area contributed by atoms with E-state index in [2.05, 4.69) is 5.32 Å². The molecule has 3 N–H and O–H groups in total. The lowest BCUT2D eigenvalue weighted by Gasteiger charge is -2.30. The van der Waals surface area contributed by atoms with Gasteiger partial charge in [0.15, 0.2) is 6.61 Å². The maximum Gasteiger partial charge on any atom is 0.258 e. The van der Waals surface area contributed by atoms with Crippen LogP contribution in [0.25, 0.3) is 0 Å². The Morgan fingerprint density at radius 3 is 2.81 bits per heavy atom. The Bertz CT molecular complexity index is 456. The molecule has 116 valence electrons. The van der Waals surface area contributed by atoms with Crippen LogP contribution in [0.2, 0.25) is 0 Å². The molecule has 4 heteroatoms. The zero-order valence-electron chi connectivity index (χ0n) is 12.8. The molecule has 0 aliphatic heterocycles. The second kappa shape index (κ2) is 8.03. The molecule has 4 nitrogen and oxygen atoms in total. The Kier molecular flexibility index (Phi) is 6.05. The van der Waals surface area contributed by atoms with Crippen molar-refractivity contribution in [2.24, 2.45) is 11.7 Å². The molecule has 0 aromatic heterocycles. The van der Waals surface area contributed by atoms with Gasteiger partial charge in [0.2, 0.25) is 0 Å². The number of rotatable bonds is 6. The molecule has 0 heterocycles. The molecule has 1 saturated carbocycles. The van der Waals surface area contributed by atoms with Crippen LogP contribution in [0.15, 0.2) is 24.3 Å². The molecule has 21 heavy (non-hydrogen) atoms. The van der Waals surface area contributed by atoms with Crippen LogP contribution < -0.4 is 15.8 Å². The lowest BCUT2D eigenvalue weighted by Crippen LogP contribution is -2.47. The van der Waals surface area contributed by atoms with Gasteiger partial charge < -0.3 is 15.8 Å². The summed E-state index contributed by atoms with van der Waals surface area (Å²) in [6.45, 7) is 2.55. The second-order valence-corrected chi connectivity index (χ2v) is 5.91. The summed E-state index contributed by atoms with van der Waals surface area (Å²) in [6.07, 6.45) is 6.13. The maximum atomic E-state index is 12.0. The zero-order valence-corrected chi connectivity index (χ0v) is 12.8. The molecule has 2 rings (SSSR count). The van der Waals surface area contributed by atoms with Crippen molar-refractivity contribution < 1.29 is 9.53 Å². The van der Waals surface area contributed by atoms with E-state index in [1.54, 1.807) is 0 Å². The van der Waals surface area contributed by atoms with E-state index in [0.717, 1.165) is 11.3 Å². The minimum absolute atomic E-state index is 0.0483. The van der Waals surface area contributed by atoms with Gasteiger partial charge in [0.1, 0.15) is 5.75 Å². The number of amides is 1. The van der Waals surface area contributed by atoms with Crippen LogP contribution in [0.4, 0.5) is 0 Å². The maximum absolute atomic E-state index is 12.0. The van der Waals surface area contributed by atoms with Crippen molar-refractivity contribution >= 4 is 5.91 Å². The molecule has 1 fully saturated rings. The lowest BCUT2D eigenvalue weighted by atomic mass is 9.84. The third kappa shape index (κ3) is 5.05. The third-order valence-corrected chi connectivity index (χ3v) is 4.18. The van der Waals surface area contributed by atoms with Gasteiger partial charge in [-0.3, -0.25) is 4.79 Å². The fraction of sp³-hybridized carbons (Fsp3) is 0.588. The van der Waals surface area contributed by atoms with Crippen LogP contribution in [0.1, 0.15) is 37.7 Å². The van der Waals surface area contributed by atoms with Gasteiger partial charge in [-0.15, -0.1) is 0 Å². The number of hydrogen-bond acceptors (Lipinski definition) is 3. The Balaban J connectivity index is 1.79. The van der Waals surface area contributed by atoms with E-state index in [0.29, 0.717) is 12.5 Å². The summed E-state index contributed by atoms with van der Waals surface area (Å²) in [5.74, 6) is 1.16. The van der Waals surface area contributed by atoms with Gasteiger partial charge in [-0.05, 0) is 43.4 Å². The van der Waals surface area contributed by atoms with Gasteiger partial charge >= 0.3 is 0 Å². The van der Waals surface area contributed by atoms with E-state index in [4.69, 9.17) is 10.5 Å². The van der Waals surface area contributed by atoms with Crippen molar-refractivity contribution in [3.63, 3.8) is 0 Å². The van der Waals surface area contributed by atoms with Crippen LogP contribution in [-0.4, -0.2) is 25.1 Å². The molecule has 0 spiro atoms. The van der Waals surface area contributed by atoms with Gasteiger partial charge in [-0.2, -0.15) is 0 Å². The van der Waals surface area contributed by atoms with Crippen LogP contribution in [0.5, 0.6) is 5.75 Å². The fourth-order valence-corrected chi connectivity index (χ4v) is 3.01. The molecule has 1 unspecified atom stereocenters. The SMILES string of the molecule is Cc1cccc(OCC(=O)NC(CN)C2CCCCC2)c1. The molecule has 1 atom stereocenters. The number of aryl methyl sites for hydroxylation is 1. The standard InChI is InChI=1S/C17H26N2O2/c1-13-6-5-9-15(10-13)21-12-17(20)19-16(11-18)14-7-3-2-4-8-14/h5-6,9-10,14,16H,2-4,7-8,11-12,18H2,1H3,(H,19,20). The molecular formula is C17H26N2O2. The summed E-state index contributed by atoms with van der Waals surface area (Å²) >= 11 is 0. The van der Waals surface area contributed by atoms with E-state index < -0.39 is 0 Å². The van der Waals surface area contributed by atoms with Crippen molar-refractivity contribution in [1.29, 1.82) is 0 Å². The zero-order chi connectivity index (χ0) is 15.1. The quantitative estimate of drug-likeness (QED) is 0.845. The van der Waals surface area contributed by atoms with E-state index in [-0.39, 0.29) is 18.6 Å². The van der Waals surface area contributed by atoms with Crippen LogP contribution in [0, 0.1) is 12.8 Å². The summed E-state index contributed by atoms with van der Waals surface area (Å²) < 4.78 is 5.53. The Morgan fingerprint density at radius 2 is 2.14 bits per heavy atom. The first-order valence-electron chi connectivity index (χ1n) is 7.88. The first-order chi connectivity index (χ1) is 10.2. The minimum Gasteiger partial charge on any atom is -0.484 e. The van der Waals surface area contributed by atoms with Gasteiger partial charge in [0.25, 0.3) is 5.91 Å². The predicted molar refractivity (Wildman–Crippen MR) is 84.2 cm³/mol. The van der Waals surface area contributed by atoms with Gasteiger partial charge in [-0.1, -0.05) is 31.4 Å². The topological polar surface area (TPSA) is 64.3 Å². The highest BCUT2D eigenvalue weighted by Crippen LogP contribution is 2.26. The van der Waals surface area contributed by atoms with E-state index in [9.17, 15) is 4.79 Å². The first-order valence-corrected chi connectivity index (χ1v) is 7.88.